The van der Waals surface area contributed by atoms with Crippen molar-refractivity contribution in [3.8, 4) is 28.1 Å². The minimum atomic E-state index is -5.15. The number of alkyl halides is 3. The second kappa shape index (κ2) is 19.7. The number of carbonyl (C=O) groups is 4. The maximum atomic E-state index is 15.7. The molecule has 0 spiro atoms. The number of anilines is 2. The van der Waals surface area contributed by atoms with Crippen molar-refractivity contribution in [1.29, 1.82) is 0 Å². The third-order valence-corrected chi connectivity index (χ3v) is 12.2. The standard InChI is InChI=1S/C46H54F4N8O8/c1-26-24-56(43(61)45(2,3)4)15-16-57(26)38-12-11-30(22-51-38)41(59)54-34-21-37(66-46(48,49)50)32(20-33(34)47)27-7-9-28(10-8-27)35-23-52-40(53-35)36-19-31(63-5)25-58(36)42(60)39(55-44(62)64-6)29-13-17-65-18-14-29/h7-12,20-23,26,29,31,36,39H,13-19,24-25H2,1-6H3,(H,52,53)(H,54,59)(H,55,62)/t26-,31+,36+,39+/m1/s1. The summed E-state index contributed by atoms with van der Waals surface area (Å²) in [5.74, 6) is -1.99. The summed E-state index contributed by atoms with van der Waals surface area (Å²) < 4.78 is 77.4. The van der Waals surface area contributed by atoms with Crippen LogP contribution in [0.3, 0.4) is 0 Å². The zero-order valence-electron chi connectivity index (χ0n) is 37.5. The fourth-order valence-electron chi connectivity index (χ4n) is 8.67. The Kier molecular flexibility index (Phi) is 14.2. The highest BCUT2D eigenvalue weighted by atomic mass is 19.4. The fourth-order valence-corrected chi connectivity index (χ4v) is 8.67. The van der Waals surface area contributed by atoms with Gasteiger partial charge >= 0.3 is 12.5 Å². The molecule has 4 atom stereocenters. The van der Waals surface area contributed by atoms with Gasteiger partial charge in [-0.2, -0.15) is 0 Å². The number of likely N-dealkylation sites (tertiary alicyclic amines) is 1. The number of ether oxygens (including phenoxy) is 4. The zero-order chi connectivity index (χ0) is 47.5. The second-order valence-corrected chi connectivity index (χ2v) is 17.7. The normalized spacial score (nSPS) is 19.9. The van der Waals surface area contributed by atoms with Gasteiger partial charge in [0.05, 0.1) is 42.4 Å². The van der Waals surface area contributed by atoms with E-state index in [4.69, 9.17) is 14.2 Å². The van der Waals surface area contributed by atoms with E-state index in [-0.39, 0.29) is 53.1 Å². The van der Waals surface area contributed by atoms with Crippen LogP contribution in [0.1, 0.15) is 69.2 Å². The molecule has 354 valence electrons. The molecule has 3 fully saturated rings. The van der Waals surface area contributed by atoms with Crippen molar-refractivity contribution in [3.63, 3.8) is 0 Å². The van der Waals surface area contributed by atoms with Gasteiger partial charge in [-0.3, -0.25) is 14.4 Å². The van der Waals surface area contributed by atoms with Gasteiger partial charge in [-0.25, -0.2) is 19.2 Å². The number of carbonyl (C=O) groups excluding carboxylic acids is 4. The third-order valence-electron chi connectivity index (χ3n) is 12.2. The van der Waals surface area contributed by atoms with Gasteiger partial charge in [0.1, 0.15) is 29.3 Å². The number of hydrogen-bond donors (Lipinski definition) is 3. The van der Waals surface area contributed by atoms with Gasteiger partial charge in [-0.15, -0.1) is 13.2 Å². The molecule has 7 rings (SSSR count). The average molecular weight is 923 g/mol. The van der Waals surface area contributed by atoms with E-state index in [0.717, 1.165) is 12.1 Å². The summed E-state index contributed by atoms with van der Waals surface area (Å²) in [6.45, 7) is 10.2. The van der Waals surface area contributed by atoms with Gasteiger partial charge in [0, 0.05) is 82.2 Å². The second-order valence-electron chi connectivity index (χ2n) is 17.7. The predicted octanol–water partition coefficient (Wildman–Crippen LogP) is 6.95. The minimum absolute atomic E-state index is 0.0350. The van der Waals surface area contributed by atoms with Crippen LogP contribution in [0.4, 0.5) is 33.9 Å². The van der Waals surface area contributed by atoms with Crippen LogP contribution in [0.15, 0.2) is 60.9 Å². The van der Waals surface area contributed by atoms with Gasteiger partial charge in [-0.1, -0.05) is 45.0 Å². The van der Waals surface area contributed by atoms with Crippen LogP contribution in [0.25, 0.3) is 22.4 Å². The quantitative estimate of drug-likeness (QED) is 0.133. The van der Waals surface area contributed by atoms with Gasteiger partial charge in [0.2, 0.25) is 11.8 Å². The van der Waals surface area contributed by atoms with Crippen LogP contribution >= 0.6 is 0 Å². The Labute approximate surface area is 379 Å². The van der Waals surface area contributed by atoms with E-state index in [1.165, 1.54) is 31.5 Å². The predicted molar refractivity (Wildman–Crippen MR) is 234 cm³/mol. The van der Waals surface area contributed by atoms with Crippen molar-refractivity contribution < 1.29 is 55.7 Å². The number of nitrogens with zero attached hydrogens (tertiary/aromatic N) is 5. The third kappa shape index (κ3) is 10.9. The molecule has 3 saturated heterocycles. The molecule has 0 aliphatic carbocycles. The summed E-state index contributed by atoms with van der Waals surface area (Å²) in [5.41, 5.74) is 0.0407. The lowest BCUT2D eigenvalue weighted by atomic mass is 9.90. The van der Waals surface area contributed by atoms with Gasteiger partial charge in [0.25, 0.3) is 5.91 Å². The molecule has 16 nitrogen and oxygen atoms in total. The number of methoxy groups -OCH3 is 2. The molecule has 3 aliphatic rings. The summed E-state index contributed by atoms with van der Waals surface area (Å²) in [6.07, 6.45) is -1.78. The van der Waals surface area contributed by atoms with E-state index in [2.05, 4.69) is 30.3 Å². The van der Waals surface area contributed by atoms with E-state index >= 15 is 4.39 Å². The number of aromatic amines is 1. The van der Waals surface area contributed by atoms with Crippen molar-refractivity contribution in [2.45, 2.75) is 77.5 Å². The highest BCUT2D eigenvalue weighted by Gasteiger charge is 2.43. The van der Waals surface area contributed by atoms with E-state index in [0.29, 0.717) is 75.0 Å². The van der Waals surface area contributed by atoms with Crippen molar-refractivity contribution in [2.24, 2.45) is 11.3 Å². The lowest BCUT2D eigenvalue weighted by Crippen LogP contribution is -2.56. The molecule has 2 aromatic carbocycles. The van der Waals surface area contributed by atoms with E-state index in [9.17, 15) is 32.3 Å². The van der Waals surface area contributed by atoms with E-state index in [1.807, 2.05) is 37.5 Å². The van der Waals surface area contributed by atoms with Gasteiger partial charge in [-0.05, 0) is 55.0 Å². The molecule has 66 heavy (non-hydrogen) atoms. The first kappa shape index (κ1) is 47.7. The highest BCUT2D eigenvalue weighted by Crippen LogP contribution is 2.40. The SMILES string of the molecule is COC(=O)N[C@H](C(=O)N1C[C@@H](OC)C[C@H]1c1ncc(-c2ccc(-c3cc(F)c(NC(=O)c4ccc(N5CCN(C(=O)C(C)(C)C)C[C@H]5C)nc4)cc3OC(F)(F)F)cc2)[nH]1)C1CCOCC1. The van der Waals surface area contributed by atoms with Gasteiger partial charge in [0.15, 0.2) is 0 Å². The number of halogens is 4. The van der Waals surface area contributed by atoms with Crippen molar-refractivity contribution in [1.82, 2.24) is 30.1 Å². The van der Waals surface area contributed by atoms with Crippen molar-refractivity contribution >= 4 is 35.3 Å². The fraction of sp³-hybridized carbons (Fsp3) is 0.478. The van der Waals surface area contributed by atoms with Crippen LogP contribution in [0, 0.1) is 17.2 Å². The Morgan fingerprint density at radius 1 is 0.924 bits per heavy atom. The maximum Gasteiger partial charge on any atom is 0.573 e. The molecule has 0 radical (unpaired) electrons. The number of amides is 4. The highest BCUT2D eigenvalue weighted by molar-refractivity contribution is 6.04. The number of alkyl carbamates (subject to hydrolysis) is 1. The Hall–Kier alpha value is -6.28. The molecular formula is C46H54F4N8O8. The molecule has 3 N–H and O–H groups in total. The topological polar surface area (TPSA) is 181 Å². The molecule has 0 unspecified atom stereocenters. The van der Waals surface area contributed by atoms with Crippen molar-refractivity contribution in [2.75, 3.05) is 63.8 Å². The summed E-state index contributed by atoms with van der Waals surface area (Å²) in [5, 5.41) is 5.07. The first-order chi connectivity index (χ1) is 31.3. The number of hydrogen-bond acceptors (Lipinski definition) is 11. The summed E-state index contributed by atoms with van der Waals surface area (Å²) in [7, 11) is 2.78. The number of benzene rings is 2. The molecule has 20 heteroatoms. The Balaban J connectivity index is 1.06. The monoisotopic (exact) mass is 922 g/mol. The van der Waals surface area contributed by atoms with E-state index < -0.39 is 53.1 Å². The van der Waals surface area contributed by atoms with Crippen LogP contribution in [0.2, 0.25) is 0 Å². The van der Waals surface area contributed by atoms with Crippen molar-refractivity contribution in [3.05, 3.63) is 78.1 Å². The zero-order valence-corrected chi connectivity index (χ0v) is 37.5. The molecule has 3 aliphatic heterocycles. The number of rotatable bonds is 11. The van der Waals surface area contributed by atoms with Crippen LogP contribution in [-0.4, -0.2) is 127 Å². The first-order valence-electron chi connectivity index (χ1n) is 21.7. The number of nitrogens with one attached hydrogen (secondary N) is 3. The largest absolute Gasteiger partial charge is 0.573 e. The smallest absolute Gasteiger partial charge is 0.453 e. The number of piperazine rings is 1. The molecule has 0 saturated carbocycles. The number of aromatic nitrogens is 3. The summed E-state index contributed by atoms with van der Waals surface area (Å²) in [6, 6.07) is 9.46. The number of imidazole rings is 1. The Morgan fingerprint density at radius 2 is 1.64 bits per heavy atom. The number of pyridine rings is 1. The first-order valence-corrected chi connectivity index (χ1v) is 21.7. The maximum absolute atomic E-state index is 15.7. The molecule has 4 aromatic rings. The Bertz CT molecular complexity index is 2380. The summed E-state index contributed by atoms with van der Waals surface area (Å²) >= 11 is 0. The molecular weight excluding hydrogens is 869 g/mol. The van der Waals surface area contributed by atoms with Crippen LogP contribution in [-0.2, 0) is 23.8 Å². The minimum Gasteiger partial charge on any atom is -0.453 e. The van der Waals surface area contributed by atoms with E-state index in [1.54, 1.807) is 36.4 Å². The average Bonchev–Trinajstić information content (AvgIpc) is 3.97. The summed E-state index contributed by atoms with van der Waals surface area (Å²) in [4.78, 5) is 70.3. The van der Waals surface area contributed by atoms with Crippen LogP contribution in [0.5, 0.6) is 5.75 Å². The Morgan fingerprint density at radius 3 is 2.26 bits per heavy atom. The van der Waals surface area contributed by atoms with Gasteiger partial charge < -0.3 is 49.3 Å². The lowest BCUT2D eigenvalue weighted by molar-refractivity contribution is -0.274. The molecule has 4 amide bonds. The molecule has 2 aromatic heterocycles. The number of H-pyrrole nitrogens is 1. The lowest BCUT2D eigenvalue weighted by Gasteiger charge is -2.42. The van der Waals surface area contributed by atoms with Crippen LogP contribution < -0.4 is 20.3 Å². The molecule has 0 bridgehead atoms. The molecule has 5 heterocycles.